The number of carbonyl (C=O) groups is 1. The Balaban J connectivity index is 2.47. The minimum absolute atomic E-state index is 0.0265. The summed E-state index contributed by atoms with van der Waals surface area (Å²) in [5.41, 5.74) is 0.142. The zero-order chi connectivity index (χ0) is 10.6. The third kappa shape index (κ3) is 2.94. The SMILES string of the molecule is C/C(=C\CC1CCCCC1=O)[N+](=O)[O-]. The van der Waals surface area contributed by atoms with E-state index in [9.17, 15) is 14.9 Å². The molecule has 1 atom stereocenters. The first kappa shape index (κ1) is 10.9. The van der Waals surface area contributed by atoms with Crippen LogP contribution in [0.1, 0.15) is 39.0 Å². The summed E-state index contributed by atoms with van der Waals surface area (Å²) in [5.74, 6) is 0.294. The van der Waals surface area contributed by atoms with Gasteiger partial charge in [-0.2, -0.15) is 0 Å². The maximum atomic E-state index is 11.4. The van der Waals surface area contributed by atoms with Crippen LogP contribution in [0.3, 0.4) is 0 Å². The molecule has 1 aliphatic carbocycles. The summed E-state index contributed by atoms with van der Waals surface area (Å²) >= 11 is 0. The van der Waals surface area contributed by atoms with E-state index in [1.807, 2.05) is 0 Å². The number of rotatable bonds is 3. The van der Waals surface area contributed by atoms with E-state index in [-0.39, 0.29) is 17.4 Å². The molecule has 0 aromatic rings. The van der Waals surface area contributed by atoms with Crippen LogP contribution in [0.2, 0.25) is 0 Å². The van der Waals surface area contributed by atoms with Gasteiger partial charge in [0, 0.05) is 19.3 Å². The van der Waals surface area contributed by atoms with Crippen LogP contribution in [0.25, 0.3) is 0 Å². The van der Waals surface area contributed by atoms with Crippen molar-refractivity contribution >= 4 is 5.78 Å². The molecular formula is C10H15NO3. The standard InChI is InChI=1S/C10H15NO3/c1-8(11(13)14)6-7-9-4-2-3-5-10(9)12/h6,9H,2-5,7H2,1H3/b8-6+. The molecule has 1 saturated carbocycles. The molecule has 1 aliphatic rings. The van der Waals surface area contributed by atoms with Crippen molar-refractivity contribution < 1.29 is 9.72 Å². The van der Waals surface area contributed by atoms with Gasteiger partial charge in [-0.15, -0.1) is 0 Å². The van der Waals surface area contributed by atoms with Gasteiger partial charge in [-0.05, 0) is 25.3 Å². The second-order valence-electron chi connectivity index (χ2n) is 3.75. The summed E-state index contributed by atoms with van der Waals surface area (Å²) in [7, 11) is 0. The van der Waals surface area contributed by atoms with Crippen molar-refractivity contribution in [3.8, 4) is 0 Å². The molecule has 4 heteroatoms. The largest absolute Gasteiger partial charge is 0.299 e. The Morgan fingerprint density at radius 1 is 1.64 bits per heavy atom. The Morgan fingerprint density at radius 2 is 2.36 bits per heavy atom. The second kappa shape index (κ2) is 4.88. The highest BCUT2D eigenvalue weighted by Gasteiger charge is 2.21. The van der Waals surface area contributed by atoms with Crippen molar-refractivity contribution in [3.63, 3.8) is 0 Å². The fourth-order valence-corrected chi connectivity index (χ4v) is 1.69. The molecule has 14 heavy (non-hydrogen) atoms. The van der Waals surface area contributed by atoms with Gasteiger partial charge in [-0.1, -0.05) is 6.42 Å². The van der Waals surface area contributed by atoms with Crippen LogP contribution in [0.4, 0.5) is 0 Å². The molecule has 0 saturated heterocycles. The third-order valence-corrected chi connectivity index (χ3v) is 2.67. The molecular weight excluding hydrogens is 182 g/mol. The van der Waals surface area contributed by atoms with Gasteiger partial charge < -0.3 is 0 Å². The van der Waals surface area contributed by atoms with Gasteiger partial charge in [0.1, 0.15) is 5.78 Å². The van der Waals surface area contributed by atoms with E-state index >= 15 is 0 Å². The maximum absolute atomic E-state index is 11.4. The van der Waals surface area contributed by atoms with E-state index in [0.717, 1.165) is 19.3 Å². The number of nitro groups is 1. The zero-order valence-electron chi connectivity index (χ0n) is 8.36. The van der Waals surface area contributed by atoms with Gasteiger partial charge >= 0.3 is 0 Å². The fourth-order valence-electron chi connectivity index (χ4n) is 1.69. The molecule has 0 amide bonds. The number of carbonyl (C=O) groups excluding carboxylic acids is 1. The van der Waals surface area contributed by atoms with Gasteiger partial charge in [0.2, 0.25) is 5.70 Å². The zero-order valence-corrected chi connectivity index (χ0v) is 8.36. The smallest absolute Gasteiger partial charge is 0.239 e. The van der Waals surface area contributed by atoms with Crippen molar-refractivity contribution in [2.75, 3.05) is 0 Å². The minimum Gasteiger partial charge on any atom is -0.299 e. The van der Waals surface area contributed by atoms with Gasteiger partial charge in [-0.25, -0.2) is 0 Å². The average molecular weight is 197 g/mol. The molecule has 0 heterocycles. The Hall–Kier alpha value is -1.19. The van der Waals surface area contributed by atoms with Crippen molar-refractivity contribution in [2.24, 2.45) is 5.92 Å². The number of Topliss-reactive ketones (excluding diaryl/α,β-unsaturated/α-hetero) is 1. The second-order valence-corrected chi connectivity index (χ2v) is 3.75. The van der Waals surface area contributed by atoms with Crippen molar-refractivity contribution in [2.45, 2.75) is 39.0 Å². The van der Waals surface area contributed by atoms with Crippen LogP contribution in [-0.2, 0) is 4.79 Å². The summed E-state index contributed by atoms with van der Waals surface area (Å²) in [5, 5.41) is 10.3. The molecule has 1 rings (SSSR count). The van der Waals surface area contributed by atoms with E-state index in [1.54, 1.807) is 6.08 Å². The summed E-state index contributed by atoms with van der Waals surface area (Å²) in [6.45, 7) is 1.47. The van der Waals surface area contributed by atoms with Crippen molar-refractivity contribution in [1.29, 1.82) is 0 Å². The lowest BCUT2D eigenvalue weighted by atomic mass is 9.85. The summed E-state index contributed by atoms with van der Waals surface area (Å²) < 4.78 is 0. The molecule has 0 aromatic heterocycles. The minimum atomic E-state index is -0.409. The quantitative estimate of drug-likeness (QED) is 0.515. The predicted molar refractivity (Wildman–Crippen MR) is 52.3 cm³/mol. The summed E-state index contributed by atoms with van der Waals surface area (Å²) in [6, 6.07) is 0. The molecule has 1 unspecified atom stereocenters. The van der Waals surface area contributed by atoms with E-state index in [1.165, 1.54) is 6.92 Å². The van der Waals surface area contributed by atoms with E-state index in [2.05, 4.69) is 0 Å². The van der Waals surface area contributed by atoms with Crippen LogP contribution >= 0.6 is 0 Å². The monoisotopic (exact) mass is 197 g/mol. The van der Waals surface area contributed by atoms with Crippen LogP contribution < -0.4 is 0 Å². The van der Waals surface area contributed by atoms with E-state index in [4.69, 9.17) is 0 Å². The topological polar surface area (TPSA) is 60.2 Å². The average Bonchev–Trinajstić information content (AvgIpc) is 2.16. The normalized spacial score (nSPS) is 23.6. The lowest BCUT2D eigenvalue weighted by Gasteiger charge is -2.18. The van der Waals surface area contributed by atoms with Crippen LogP contribution in [0.5, 0.6) is 0 Å². The molecule has 0 aromatic carbocycles. The predicted octanol–water partition coefficient (Wildman–Crippen LogP) is 2.32. The number of hydrogen-bond acceptors (Lipinski definition) is 3. The first-order chi connectivity index (χ1) is 6.61. The van der Waals surface area contributed by atoms with Gasteiger partial charge in [-0.3, -0.25) is 14.9 Å². The third-order valence-electron chi connectivity index (χ3n) is 2.67. The number of ketones is 1. The highest BCUT2D eigenvalue weighted by molar-refractivity contribution is 5.81. The Labute approximate surface area is 83.1 Å². The van der Waals surface area contributed by atoms with Gasteiger partial charge in [0.05, 0.1) is 4.92 Å². The van der Waals surface area contributed by atoms with Gasteiger partial charge in [0.25, 0.3) is 0 Å². The molecule has 0 N–H and O–H groups in total. The highest BCUT2D eigenvalue weighted by atomic mass is 16.6. The Kier molecular flexibility index (Phi) is 3.80. The first-order valence-electron chi connectivity index (χ1n) is 4.95. The number of allylic oxidation sites excluding steroid dienone is 2. The van der Waals surface area contributed by atoms with Crippen LogP contribution in [0.15, 0.2) is 11.8 Å². The Morgan fingerprint density at radius 3 is 2.93 bits per heavy atom. The number of hydrogen-bond donors (Lipinski definition) is 0. The molecule has 1 fully saturated rings. The molecule has 0 radical (unpaired) electrons. The Bertz CT molecular complexity index is 271. The molecule has 0 bridgehead atoms. The lowest BCUT2D eigenvalue weighted by molar-refractivity contribution is -0.424. The molecule has 78 valence electrons. The van der Waals surface area contributed by atoms with Crippen LogP contribution in [0, 0.1) is 16.0 Å². The van der Waals surface area contributed by atoms with E-state index < -0.39 is 4.92 Å². The van der Waals surface area contributed by atoms with Crippen LogP contribution in [-0.4, -0.2) is 10.7 Å². The van der Waals surface area contributed by atoms with E-state index in [0.29, 0.717) is 12.8 Å². The lowest BCUT2D eigenvalue weighted by Crippen LogP contribution is -2.18. The van der Waals surface area contributed by atoms with Crippen molar-refractivity contribution in [3.05, 3.63) is 21.9 Å². The first-order valence-corrected chi connectivity index (χ1v) is 4.95. The summed E-state index contributed by atoms with van der Waals surface area (Å²) in [4.78, 5) is 21.3. The van der Waals surface area contributed by atoms with Gasteiger partial charge in [0.15, 0.2) is 0 Å². The number of nitrogens with zero attached hydrogens (tertiary/aromatic N) is 1. The maximum Gasteiger partial charge on any atom is 0.239 e. The molecule has 4 nitrogen and oxygen atoms in total. The molecule has 0 aliphatic heterocycles. The summed E-state index contributed by atoms with van der Waals surface area (Å²) in [6.07, 6.45) is 5.69. The highest BCUT2D eigenvalue weighted by Crippen LogP contribution is 2.24. The van der Waals surface area contributed by atoms with Crippen molar-refractivity contribution in [1.82, 2.24) is 0 Å². The molecule has 0 spiro atoms. The fraction of sp³-hybridized carbons (Fsp3) is 0.700.